The number of unbranched alkanes of at least 4 members (excludes halogenated alkanes) is 1. The van der Waals surface area contributed by atoms with Crippen LogP contribution in [0.25, 0.3) is 0 Å². The quantitative estimate of drug-likeness (QED) is 0.848. The lowest BCUT2D eigenvalue weighted by atomic mass is 9.86. The number of aryl methyl sites for hydroxylation is 1. The summed E-state index contributed by atoms with van der Waals surface area (Å²) in [4.78, 5) is 0. The Labute approximate surface area is 97.2 Å². The first kappa shape index (κ1) is 11.6. The van der Waals surface area contributed by atoms with E-state index >= 15 is 0 Å². The summed E-state index contributed by atoms with van der Waals surface area (Å²) in [6, 6.07) is 0.406. The maximum absolute atomic E-state index is 5.93. The minimum atomic E-state index is 0.406. The molecule has 1 aliphatic rings. The Balaban J connectivity index is 1.99. The highest BCUT2D eigenvalue weighted by Crippen LogP contribution is 2.30. The predicted molar refractivity (Wildman–Crippen MR) is 64.1 cm³/mol. The van der Waals surface area contributed by atoms with Crippen molar-refractivity contribution in [3.8, 4) is 0 Å². The van der Waals surface area contributed by atoms with E-state index in [9.17, 15) is 0 Å². The van der Waals surface area contributed by atoms with Gasteiger partial charge < -0.3 is 10.3 Å². The molecule has 2 rings (SSSR count). The van der Waals surface area contributed by atoms with Crippen LogP contribution in [0.3, 0.4) is 0 Å². The van der Waals surface area contributed by atoms with Crippen LogP contribution in [0, 0.1) is 0 Å². The number of nitrogens with two attached hydrogens (primary N) is 1. The summed E-state index contributed by atoms with van der Waals surface area (Å²) in [7, 11) is 0. The molecule has 1 heterocycles. The summed E-state index contributed by atoms with van der Waals surface area (Å²) in [5, 5.41) is 8.34. The van der Waals surface area contributed by atoms with Gasteiger partial charge in [-0.1, -0.05) is 13.3 Å². The van der Waals surface area contributed by atoms with Gasteiger partial charge in [0.15, 0.2) is 0 Å². The number of hydrogen-bond acceptors (Lipinski definition) is 3. The van der Waals surface area contributed by atoms with E-state index in [1.165, 1.54) is 31.5 Å². The molecule has 90 valence electrons. The molecular weight excluding hydrogens is 200 g/mol. The second kappa shape index (κ2) is 5.43. The van der Waals surface area contributed by atoms with E-state index in [1.807, 2.05) is 6.33 Å². The molecule has 0 amide bonds. The molecule has 1 aromatic rings. The fourth-order valence-corrected chi connectivity index (χ4v) is 2.46. The molecule has 0 unspecified atom stereocenters. The average molecular weight is 222 g/mol. The molecule has 0 bridgehead atoms. The zero-order chi connectivity index (χ0) is 11.4. The summed E-state index contributed by atoms with van der Waals surface area (Å²) in [6.07, 6.45) is 8.90. The molecule has 1 fully saturated rings. The minimum Gasteiger partial charge on any atom is -0.328 e. The van der Waals surface area contributed by atoms with Crippen LogP contribution in [-0.4, -0.2) is 20.8 Å². The third kappa shape index (κ3) is 2.61. The van der Waals surface area contributed by atoms with Crippen LogP contribution < -0.4 is 5.73 Å². The van der Waals surface area contributed by atoms with E-state index in [2.05, 4.69) is 21.7 Å². The smallest absolute Gasteiger partial charge is 0.135 e. The first-order valence-corrected chi connectivity index (χ1v) is 6.44. The van der Waals surface area contributed by atoms with Crippen molar-refractivity contribution in [3.05, 3.63) is 12.2 Å². The van der Waals surface area contributed by atoms with Gasteiger partial charge >= 0.3 is 0 Å². The van der Waals surface area contributed by atoms with Gasteiger partial charge in [-0.3, -0.25) is 0 Å². The van der Waals surface area contributed by atoms with Gasteiger partial charge in [-0.2, -0.15) is 0 Å². The van der Waals surface area contributed by atoms with Gasteiger partial charge in [0, 0.05) is 18.5 Å². The molecule has 1 saturated carbocycles. The van der Waals surface area contributed by atoms with Crippen molar-refractivity contribution in [2.24, 2.45) is 5.73 Å². The molecular formula is C12H22N4. The normalized spacial score (nSPS) is 25.9. The summed E-state index contributed by atoms with van der Waals surface area (Å²) < 4.78 is 2.23. The second-order valence-electron chi connectivity index (χ2n) is 4.85. The molecule has 0 aromatic carbocycles. The molecule has 0 atom stereocenters. The standard InChI is InChI=1S/C12H22N4/c1-2-3-8-16-9-14-15-12(16)10-4-6-11(13)7-5-10/h9-11H,2-8,13H2,1H3. The number of aromatic nitrogens is 3. The average Bonchev–Trinajstić information content (AvgIpc) is 2.75. The summed E-state index contributed by atoms with van der Waals surface area (Å²) >= 11 is 0. The molecule has 0 aliphatic heterocycles. The second-order valence-corrected chi connectivity index (χ2v) is 4.85. The number of nitrogens with zero attached hydrogens (tertiary/aromatic N) is 3. The lowest BCUT2D eigenvalue weighted by molar-refractivity contribution is 0.374. The zero-order valence-corrected chi connectivity index (χ0v) is 10.1. The van der Waals surface area contributed by atoms with Gasteiger partial charge in [0.25, 0.3) is 0 Å². The molecule has 4 heteroatoms. The molecule has 4 nitrogen and oxygen atoms in total. The van der Waals surface area contributed by atoms with Crippen LogP contribution in [0.5, 0.6) is 0 Å². The maximum Gasteiger partial charge on any atom is 0.135 e. The highest BCUT2D eigenvalue weighted by atomic mass is 15.3. The van der Waals surface area contributed by atoms with Gasteiger partial charge in [-0.05, 0) is 32.1 Å². The molecule has 2 N–H and O–H groups in total. The zero-order valence-electron chi connectivity index (χ0n) is 10.1. The fourth-order valence-electron chi connectivity index (χ4n) is 2.46. The van der Waals surface area contributed by atoms with Crippen molar-refractivity contribution in [2.75, 3.05) is 0 Å². The largest absolute Gasteiger partial charge is 0.328 e. The summed E-state index contributed by atoms with van der Waals surface area (Å²) in [6.45, 7) is 3.27. The van der Waals surface area contributed by atoms with Crippen LogP contribution in [0.1, 0.15) is 57.2 Å². The highest BCUT2D eigenvalue weighted by Gasteiger charge is 2.23. The molecule has 0 radical (unpaired) electrons. The van der Waals surface area contributed by atoms with E-state index in [0.717, 1.165) is 19.4 Å². The lowest BCUT2D eigenvalue weighted by Gasteiger charge is -2.25. The first-order valence-electron chi connectivity index (χ1n) is 6.44. The lowest BCUT2D eigenvalue weighted by Crippen LogP contribution is -2.26. The Bertz CT molecular complexity index is 313. The number of hydrogen-bond donors (Lipinski definition) is 1. The topological polar surface area (TPSA) is 56.7 Å². The molecule has 0 spiro atoms. The van der Waals surface area contributed by atoms with E-state index in [-0.39, 0.29) is 0 Å². The molecule has 1 aliphatic carbocycles. The van der Waals surface area contributed by atoms with Gasteiger partial charge in [-0.15, -0.1) is 10.2 Å². The van der Waals surface area contributed by atoms with Crippen molar-refractivity contribution < 1.29 is 0 Å². The van der Waals surface area contributed by atoms with Crippen LogP contribution in [-0.2, 0) is 6.54 Å². The molecule has 0 saturated heterocycles. The number of rotatable bonds is 4. The van der Waals surface area contributed by atoms with Crippen LogP contribution >= 0.6 is 0 Å². The van der Waals surface area contributed by atoms with Gasteiger partial charge in [0.2, 0.25) is 0 Å². The van der Waals surface area contributed by atoms with Gasteiger partial charge in [-0.25, -0.2) is 0 Å². The predicted octanol–water partition coefficient (Wildman–Crippen LogP) is 2.06. The molecule has 1 aromatic heterocycles. The first-order chi connectivity index (χ1) is 7.81. The van der Waals surface area contributed by atoms with Crippen LogP contribution in [0.15, 0.2) is 6.33 Å². The summed E-state index contributed by atoms with van der Waals surface area (Å²) in [5.74, 6) is 1.76. The van der Waals surface area contributed by atoms with Crippen LogP contribution in [0.4, 0.5) is 0 Å². The molecule has 16 heavy (non-hydrogen) atoms. The minimum absolute atomic E-state index is 0.406. The van der Waals surface area contributed by atoms with E-state index in [1.54, 1.807) is 0 Å². The van der Waals surface area contributed by atoms with Crippen molar-refractivity contribution >= 4 is 0 Å². The van der Waals surface area contributed by atoms with E-state index < -0.39 is 0 Å². The van der Waals surface area contributed by atoms with Crippen LogP contribution in [0.2, 0.25) is 0 Å². The Morgan fingerprint density at radius 3 is 2.81 bits per heavy atom. The van der Waals surface area contributed by atoms with Crippen molar-refractivity contribution in [1.82, 2.24) is 14.8 Å². The Morgan fingerprint density at radius 1 is 1.38 bits per heavy atom. The maximum atomic E-state index is 5.93. The third-order valence-electron chi connectivity index (χ3n) is 3.54. The Morgan fingerprint density at radius 2 is 2.12 bits per heavy atom. The van der Waals surface area contributed by atoms with Gasteiger partial charge in [0.1, 0.15) is 12.2 Å². The van der Waals surface area contributed by atoms with Gasteiger partial charge in [0.05, 0.1) is 0 Å². The third-order valence-corrected chi connectivity index (χ3v) is 3.54. The Hall–Kier alpha value is -0.900. The van der Waals surface area contributed by atoms with Crippen molar-refractivity contribution in [1.29, 1.82) is 0 Å². The monoisotopic (exact) mass is 222 g/mol. The summed E-state index contributed by atoms with van der Waals surface area (Å²) in [5.41, 5.74) is 5.93. The SMILES string of the molecule is CCCCn1cnnc1C1CCC(N)CC1. The van der Waals surface area contributed by atoms with E-state index in [4.69, 9.17) is 5.73 Å². The van der Waals surface area contributed by atoms with Crippen molar-refractivity contribution in [3.63, 3.8) is 0 Å². The fraction of sp³-hybridized carbons (Fsp3) is 0.833. The van der Waals surface area contributed by atoms with Crippen molar-refractivity contribution in [2.45, 2.75) is 64.0 Å². The Kier molecular flexibility index (Phi) is 3.93. The van der Waals surface area contributed by atoms with E-state index in [0.29, 0.717) is 12.0 Å². The highest BCUT2D eigenvalue weighted by molar-refractivity contribution is 4.99.